The summed E-state index contributed by atoms with van der Waals surface area (Å²) < 4.78 is 0. The van der Waals surface area contributed by atoms with E-state index in [-0.39, 0.29) is 11.5 Å². The molecule has 0 spiro atoms. The highest BCUT2D eigenvalue weighted by molar-refractivity contribution is 7.14. The third kappa shape index (κ3) is 2.28. The van der Waals surface area contributed by atoms with Gasteiger partial charge in [-0.3, -0.25) is 0 Å². The summed E-state index contributed by atoms with van der Waals surface area (Å²) in [6.45, 7) is 1.37. The molecule has 0 radical (unpaired) electrons. The fraction of sp³-hybridized carbons (Fsp3) is 0.250. The zero-order valence-corrected chi connectivity index (χ0v) is 7.68. The Labute approximate surface area is 78.9 Å². The van der Waals surface area contributed by atoms with Crippen molar-refractivity contribution in [3.63, 3.8) is 0 Å². The zero-order chi connectivity index (χ0) is 9.84. The van der Waals surface area contributed by atoms with Crippen molar-refractivity contribution in [2.45, 2.75) is 6.92 Å². The van der Waals surface area contributed by atoms with Gasteiger partial charge in [0.1, 0.15) is 11.5 Å². The highest BCUT2D eigenvalue weighted by atomic mass is 32.1. The fourth-order valence-corrected chi connectivity index (χ4v) is 1.54. The Morgan fingerprint density at radius 2 is 2.38 bits per heavy atom. The van der Waals surface area contributed by atoms with Gasteiger partial charge in [0.25, 0.3) is 0 Å². The summed E-state index contributed by atoms with van der Waals surface area (Å²) in [5.41, 5.74) is 0.458. The molecular formula is C8H7NO3S. The molecule has 1 aromatic heterocycles. The van der Waals surface area contributed by atoms with Gasteiger partial charge in [0.05, 0.1) is 5.69 Å². The van der Waals surface area contributed by atoms with Gasteiger partial charge in [0.15, 0.2) is 5.01 Å². The van der Waals surface area contributed by atoms with Crippen molar-refractivity contribution >= 4 is 17.3 Å². The highest BCUT2D eigenvalue weighted by Crippen LogP contribution is 2.16. The Kier molecular flexibility index (Phi) is 3.01. The van der Waals surface area contributed by atoms with Gasteiger partial charge in [-0.15, -0.1) is 0 Å². The van der Waals surface area contributed by atoms with Crippen LogP contribution in [-0.4, -0.2) is 27.8 Å². The normalized spacial score (nSPS) is 9.08. The number of aromatic nitrogens is 1. The summed E-state index contributed by atoms with van der Waals surface area (Å²) in [7, 11) is 0. The van der Waals surface area contributed by atoms with Crippen LogP contribution in [0.4, 0.5) is 0 Å². The Morgan fingerprint density at radius 1 is 1.69 bits per heavy atom. The van der Waals surface area contributed by atoms with E-state index >= 15 is 0 Å². The topological polar surface area (TPSA) is 70.4 Å². The molecule has 0 aliphatic rings. The third-order valence-corrected chi connectivity index (χ3v) is 2.33. The van der Waals surface area contributed by atoms with E-state index in [1.54, 1.807) is 6.92 Å². The lowest BCUT2D eigenvalue weighted by molar-refractivity contribution is 0.0701. The largest absolute Gasteiger partial charge is 0.477 e. The van der Waals surface area contributed by atoms with Crippen molar-refractivity contribution in [2.75, 3.05) is 6.61 Å². The first kappa shape index (κ1) is 9.71. The first-order chi connectivity index (χ1) is 6.15. The second-order valence-corrected chi connectivity index (χ2v) is 3.20. The number of thiazole rings is 1. The Balaban J connectivity index is 3.02. The van der Waals surface area contributed by atoms with E-state index in [1.807, 2.05) is 0 Å². The van der Waals surface area contributed by atoms with Gasteiger partial charge in [-0.05, 0) is 12.8 Å². The van der Waals surface area contributed by atoms with Crippen LogP contribution in [0.3, 0.4) is 0 Å². The average Bonchev–Trinajstić information content (AvgIpc) is 2.43. The van der Waals surface area contributed by atoms with Crippen LogP contribution in [0.1, 0.15) is 20.4 Å². The first-order valence-corrected chi connectivity index (χ1v) is 4.27. The molecule has 0 unspecified atom stereocenters. The molecule has 1 heterocycles. The standard InChI is InChI=1S/C8H7NO3S/c1-5-7(8(11)12)13-6(9-5)3-2-4-10/h10H,4H2,1H3,(H,11,12). The van der Waals surface area contributed by atoms with Crippen molar-refractivity contribution in [1.29, 1.82) is 0 Å². The monoisotopic (exact) mass is 197 g/mol. The average molecular weight is 197 g/mol. The minimum atomic E-state index is -0.993. The van der Waals surface area contributed by atoms with Crippen LogP contribution in [-0.2, 0) is 0 Å². The van der Waals surface area contributed by atoms with Crippen LogP contribution in [0.5, 0.6) is 0 Å². The van der Waals surface area contributed by atoms with E-state index in [0.717, 1.165) is 11.3 Å². The van der Waals surface area contributed by atoms with Crippen molar-refractivity contribution in [1.82, 2.24) is 4.98 Å². The molecule has 0 atom stereocenters. The lowest BCUT2D eigenvalue weighted by Gasteiger charge is -1.84. The van der Waals surface area contributed by atoms with Crippen molar-refractivity contribution in [3.05, 3.63) is 15.6 Å². The minimum Gasteiger partial charge on any atom is -0.477 e. The molecule has 0 aliphatic carbocycles. The van der Waals surface area contributed by atoms with Gasteiger partial charge < -0.3 is 10.2 Å². The number of carboxylic acids is 1. The number of rotatable bonds is 1. The summed E-state index contributed by atoms with van der Waals surface area (Å²) in [6, 6.07) is 0. The number of aromatic carboxylic acids is 1. The van der Waals surface area contributed by atoms with Gasteiger partial charge in [-0.1, -0.05) is 17.3 Å². The van der Waals surface area contributed by atoms with E-state index in [2.05, 4.69) is 16.8 Å². The summed E-state index contributed by atoms with van der Waals surface area (Å²) in [5.74, 6) is 3.97. The first-order valence-electron chi connectivity index (χ1n) is 3.45. The van der Waals surface area contributed by atoms with Crippen molar-refractivity contribution < 1.29 is 15.0 Å². The summed E-state index contributed by atoms with van der Waals surface area (Å²) in [6.07, 6.45) is 0. The van der Waals surface area contributed by atoms with Gasteiger partial charge >= 0.3 is 5.97 Å². The molecule has 0 aromatic carbocycles. The van der Waals surface area contributed by atoms with Crippen molar-refractivity contribution in [2.24, 2.45) is 0 Å². The summed E-state index contributed by atoms with van der Waals surface area (Å²) in [4.78, 5) is 14.7. The molecule has 5 heteroatoms. The van der Waals surface area contributed by atoms with E-state index in [9.17, 15) is 4.79 Å². The molecule has 4 nitrogen and oxygen atoms in total. The van der Waals surface area contributed by atoms with E-state index in [4.69, 9.17) is 10.2 Å². The van der Waals surface area contributed by atoms with Crippen LogP contribution < -0.4 is 0 Å². The molecule has 0 amide bonds. The number of aryl methyl sites for hydroxylation is 1. The van der Waals surface area contributed by atoms with Gasteiger partial charge in [0, 0.05) is 0 Å². The van der Waals surface area contributed by atoms with Crippen LogP contribution in [0.15, 0.2) is 0 Å². The number of nitrogens with zero attached hydrogens (tertiary/aromatic N) is 1. The lowest BCUT2D eigenvalue weighted by Crippen LogP contribution is -1.94. The summed E-state index contributed by atoms with van der Waals surface area (Å²) in [5, 5.41) is 17.5. The Hall–Kier alpha value is -1.38. The van der Waals surface area contributed by atoms with Crippen LogP contribution in [0.2, 0.25) is 0 Å². The molecule has 13 heavy (non-hydrogen) atoms. The van der Waals surface area contributed by atoms with Crippen LogP contribution in [0, 0.1) is 18.8 Å². The fourth-order valence-electron chi connectivity index (χ4n) is 0.763. The number of aliphatic hydroxyl groups excluding tert-OH is 1. The number of carboxylic acid groups (broad SMARTS) is 1. The maximum atomic E-state index is 10.6. The SMILES string of the molecule is Cc1nc(C#CCO)sc1C(=O)O. The number of hydrogen-bond acceptors (Lipinski definition) is 4. The van der Waals surface area contributed by atoms with E-state index in [0.29, 0.717) is 10.7 Å². The second kappa shape index (κ2) is 4.03. The van der Waals surface area contributed by atoms with Crippen LogP contribution >= 0.6 is 11.3 Å². The smallest absolute Gasteiger partial charge is 0.347 e. The lowest BCUT2D eigenvalue weighted by atomic mass is 10.4. The van der Waals surface area contributed by atoms with Gasteiger partial charge in [-0.25, -0.2) is 9.78 Å². The molecule has 0 saturated heterocycles. The minimum absolute atomic E-state index is 0.197. The quantitative estimate of drug-likeness (QED) is 0.643. The van der Waals surface area contributed by atoms with Gasteiger partial charge in [-0.2, -0.15) is 0 Å². The molecule has 0 bridgehead atoms. The zero-order valence-electron chi connectivity index (χ0n) is 6.87. The van der Waals surface area contributed by atoms with Crippen molar-refractivity contribution in [3.8, 4) is 11.8 Å². The number of carbonyl (C=O) groups is 1. The van der Waals surface area contributed by atoms with E-state index < -0.39 is 5.97 Å². The van der Waals surface area contributed by atoms with E-state index in [1.165, 1.54) is 0 Å². The molecule has 0 aliphatic heterocycles. The molecule has 1 rings (SSSR count). The molecule has 0 saturated carbocycles. The molecular weight excluding hydrogens is 190 g/mol. The molecule has 68 valence electrons. The highest BCUT2D eigenvalue weighted by Gasteiger charge is 2.12. The third-order valence-electron chi connectivity index (χ3n) is 1.27. The predicted octanol–water partition coefficient (Wildman–Crippen LogP) is 0.494. The maximum Gasteiger partial charge on any atom is 0.347 e. The maximum absolute atomic E-state index is 10.6. The Morgan fingerprint density at radius 3 is 2.85 bits per heavy atom. The molecule has 0 fully saturated rings. The molecule has 1 aromatic rings. The second-order valence-electron chi connectivity index (χ2n) is 2.20. The predicted molar refractivity (Wildman–Crippen MR) is 47.8 cm³/mol. The summed E-state index contributed by atoms with van der Waals surface area (Å²) >= 11 is 1.01. The number of hydrogen-bond donors (Lipinski definition) is 2. The van der Waals surface area contributed by atoms with Gasteiger partial charge in [0.2, 0.25) is 0 Å². The Bertz CT molecular complexity index is 386. The molecule has 2 N–H and O–H groups in total. The number of aliphatic hydroxyl groups is 1. The van der Waals surface area contributed by atoms with Crippen LogP contribution in [0.25, 0.3) is 0 Å².